The molecule has 146 valence electrons. The van der Waals surface area contributed by atoms with Gasteiger partial charge in [-0.15, -0.1) is 0 Å². The zero-order valence-corrected chi connectivity index (χ0v) is 16.6. The van der Waals surface area contributed by atoms with Crippen LogP contribution >= 0.6 is 0 Å². The van der Waals surface area contributed by atoms with Gasteiger partial charge in [-0.1, -0.05) is 91.0 Å². The summed E-state index contributed by atoms with van der Waals surface area (Å²) in [6.45, 7) is 0. The summed E-state index contributed by atoms with van der Waals surface area (Å²) < 4.78 is 0. The number of fused-ring (bicyclic) bond motifs is 3. The van der Waals surface area contributed by atoms with Crippen molar-refractivity contribution in [2.45, 2.75) is 19.3 Å². The molecule has 1 aliphatic carbocycles. The summed E-state index contributed by atoms with van der Waals surface area (Å²) in [6.07, 6.45) is 1.53. The minimum absolute atomic E-state index is 0.141. The van der Waals surface area contributed by atoms with Crippen LogP contribution in [0.25, 0.3) is 33.4 Å². The molecule has 2 nitrogen and oxygen atoms in total. The van der Waals surface area contributed by atoms with Gasteiger partial charge in [0.25, 0.3) is 0 Å². The van der Waals surface area contributed by atoms with Crippen LogP contribution in [0.1, 0.15) is 23.1 Å². The van der Waals surface area contributed by atoms with E-state index >= 15 is 0 Å². The molecule has 5 rings (SSSR count). The van der Waals surface area contributed by atoms with Crippen LogP contribution in [-0.4, -0.2) is 11.1 Å². The fourth-order valence-corrected chi connectivity index (χ4v) is 4.56. The van der Waals surface area contributed by atoms with Crippen molar-refractivity contribution in [3.05, 3.63) is 108 Å². The van der Waals surface area contributed by atoms with E-state index < -0.39 is 5.97 Å². The standard InChI is InChI=1S/C28H22O2/c29-28(30)16-15-26-23(20-9-5-2-6-10-20)13-14-25-24-12-11-21(17-22(24)18-27(25)26)19-7-3-1-4-8-19/h1-14,17H,15-16,18H2,(H,29,30). The molecule has 0 aromatic heterocycles. The number of hydrogen-bond acceptors (Lipinski definition) is 1. The molecule has 0 saturated heterocycles. The molecule has 4 aromatic carbocycles. The van der Waals surface area contributed by atoms with E-state index in [-0.39, 0.29) is 6.42 Å². The van der Waals surface area contributed by atoms with E-state index in [4.69, 9.17) is 0 Å². The molecule has 0 saturated carbocycles. The average molecular weight is 390 g/mol. The van der Waals surface area contributed by atoms with E-state index in [0.29, 0.717) is 6.42 Å². The Bertz CT molecular complexity index is 1220. The molecule has 0 fully saturated rings. The van der Waals surface area contributed by atoms with E-state index in [1.807, 2.05) is 24.3 Å². The Morgan fingerprint density at radius 3 is 2.03 bits per heavy atom. The fraction of sp³-hybridized carbons (Fsp3) is 0.107. The molecular weight excluding hydrogens is 368 g/mol. The van der Waals surface area contributed by atoms with Crippen molar-refractivity contribution in [1.29, 1.82) is 0 Å². The fourth-order valence-electron chi connectivity index (χ4n) is 4.56. The minimum Gasteiger partial charge on any atom is -0.481 e. The maximum atomic E-state index is 11.3. The van der Waals surface area contributed by atoms with Gasteiger partial charge in [0.15, 0.2) is 0 Å². The van der Waals surface area contributed by atoms with Crippen LogP contribution in [0.2, 0.25) is 0 Å². The third-order valence-corrected chi connectivity index (χ3v) is 5.97. The van der Waals surface area contributed by atoms with Gasteiger partial charge in [-0.05, 0) is 62.9 Å². The van der Waals surface area contributed by atoms with Gasteiger partial charge in [0.2, 0.25) is 0 Å². The van der Waals surface area contributed by atoms with E-state index in [0.717, 1.165) is 17.5 Å². The first kappa shape index (κ1) is 18.4. The van der Waals surface area contributed by atoms with Crippen molar-refractivity contribution in [2.24, 2.45) is 0 Å². The largest absolute Gasteiger partial charge is 0.481 e. The SMILES string of the molecule is O=C(O)CCc1c(-c2ccccc2)ccc2c1Cc1cc(-c3ccccc3)ccc1-2. The molecule has 0 heterocycles. The second kappa shape index (κ2) is 7.64. The second-order valence-electron chi connectivity index (χ2n) is 7.79. The smallest absolute Gasteiger partial charge is 0.303 e. The molecule has 2 heteroatoms. The predicted octanol–water partition coefficient (Wildman–Crippen LogP) is 6.61. The molecule has 1 aliphatic rings. The van der Waals surface area contributed by atoms with Crippen LogP contribution in [0.3, 0.4) is 0 Å². The zero-order valence-electron chi connectivity index (χ0n) is 16.6. The molecule has 1 N–H and O–H groups in total. The lowest BCUT2D eigenvalue weighted by Crippen LogP contribution is -2.02. The first-order chi connectivity index (χ1) is 14.7. The third-order valence-electron chi connectivity index (χ3n) is 5.97. The summed E-state index contributed by atoms with van der Waals surface area (Å²) in [5.41, 5.74) is 11.0. The van der Waals surface area contributed by atoms with Crippen molar-refractivity contribution in [2.75, 3.05) is 0 Å². The van der Waals surface area contributed by atoms with Gasteiger partial charge in [0, 0.05) is 6.42 Å². The first-order valence-corrected chi connectivity index (χ1v) is 10.3. The van der Waals surface area contributed by atoms with Crippen LogP contribution < -0.4 is 0 Å². The highest BCUT2D eigenvalue weighted by Crippen LogP contribution is 2.43. The lowest BCUT2D eigenvalue weighted by molar-refractivity contribution is -0.136. The Morgan fingerprint density at radius 2 is 1.33 bits per heavy atom. The van der Waals surface area contributed by atoms with Crippen molar-refractivity contribution in [3.8, 4) is 33.4 Å². The van der Waals surface area contributed by atoms with Crippen LogP contribution in [0.5, 0.6) is 0 Å². The summed E-state index contributed by atoms with van der Waals surface area (Å²) in [6, 6.07) is 31.7. The minimum atomic E-state index is -0.756. The third kappa shape index (κ3) is 3.31. The van der Waals surface area contributed by atoms with Crippen molar-refractivity contribution < 1.29 is 9.90 Å². The van der Waals surface area contributed by atoms with Crippen molar-refractivity contribution in [1.82, 2.24) is 0 Å². The average Bonchev–Trinajstić information content (AvgIpc) is 3.16. The Morgan fingerprint density at radius 1 is 0.700 bits per heavy atom. The van der Waals surface area contributed by atoms with Crippen LogP contribution in [-0.2, 0) is 17.6 Å². The highest BCUT2D eigenvalue weighted by atomic mass is 16.4. The van der Waals surface area contributed by atoms with Crippen LogP contribution in [0, 0.1) is 0 Å². The molecule has 0 amide bonds. The Kier molecular flexibility index (Phi) is 4.68. The van der Waals surface area contributed by atoms with Crippen LogP contribution in [0.4, 0.5) is 0 Å². The van der Waals surface area contributed by atoms with E-state index in [1.165, 1.54) is 38.9 Å². The number of hydrogen-bond donors (Lipinski definition) is 1. The highest BCUT2D eigenvalue weighted by molar-refractivity contribution is 5.85. The number of aliphatic carboxylic acids is 1. The van der Waals surface area contributed by atoms with Crippen molar-refractivity contribution >= 4 is 5.97 Å². The second-order valence-corrected chi connectivity index (χ2v) is 7.79. The molecule has 30 heavy (non-hydrogen) atoms. The summed E-state index contributed by atoms with van der Waals surface area (Å²) in [5.74, 6) is -0.756. The topological polar surface area (TPSA) is 37.3 Å². The highest BCUT2D eigenvalue weighted by Gasteiger charge is 2.24. The lowest BCUT2D eigenvalue weighted by atomic mass is 9.89. The summed E-state index contributed by atoms with van der Waals surface area (Å²) in [4.78, 5) is 11.3. The number of benzene rings is 4. The molecule has 0 radical (unpaired) electrons. The van der Waals surface area contributed by atoms with Gasteiger partial charge >= 0.3 is 5.97 Å². The number of carboxylic acids is 1. The monoisotopic (exact) mass is 390 g/mol. The van der Waals surface area contributed by atoms with Gasteiger partial charge in [0.05, 0.1) is 0 Å². The number of carboxylic acid groups (broad SMARTS) is 1. The van der Waals surface area contributed by atoms with Gasteiger partial charge in [-0.2, -0.15) is 0 Å². The normalized spacial score (nSPS) is 11.7. The van der Waals surface area contributed by atoms with E-state index in [1.54, 1.807) is 0 Å². The Balaban J connectivity index is 1.61. The molecular formula is C28H22O2. The van der Waals surface area contributed by atoms with Gasteiger partial charge in [-0.25, -0.2) is 0 Å². The van der Waals surface area contributed by atoms with E-state index in [2.05, 4.69) is 66.7 Å². The molecule has 0 unspecified atom stereocenters. The van der Waals surface area contributed by atoms with Crippen LogP contribution in [0.15, 0.2) is 91.0 Å². The number of carbonyl (C=O) groups is 1. The zero-order chi connectivity index (χ0) is 20.5. The molecule has 0 bridgehead atoms. The predicted molar refractivity (Wildman–Crippen MR) is 122 cm³/mol. The maximum Gasteiger partial charge on any atom is 0.303 e. The quantitative estimate of drug-likeness (QED) is 0.367. The van der Waals surface area contributed by atoms with Gasteiger partial charge in [-0.3, -0.25) is 4.79 Å². The molecule has 4 aromatic rings. The first-order valence-electron chi connectivity index (χ1n) is 10.3. The summed E-state index contributed by atoms with van der Waals surface area (Å²) in [5, 5.41) is 9.32. The summed E-state index contributed by atoms with van der Waals surface area (Å²) >= 11 is 0. The van der Waals surface area contributed by atoms with Crippen molar-refractivity contribution in [3.63, 3.8) is 0 Å². The Labute approximate surface area is 176 Å². The molecule has 0 aliphatic heterocycles. The van der Waals surface area contributed by atoms with Gasteiger partial charge < -0.3 is 5.11 Å². The number of rotatable bonds is 5. The Hall–Kier alpha value is -3.65. The lowest BCUT2D eigenvalue weighted by Gasteiger charge is -2.15. The maximum absolute atomic E-state index is 11.3. The van der Waals surface area contributed by atoms with E-state index in [9.17, 15) is 9.90 Å². The summed E-state index contributed by atoms with van der Waals surface area (Å²) in [7, 11) is 0. The molecule has 0 spiro atoms. The van der Waals surface area contributed by atoms with Gasteiger partial charge in [0.1, 0.15) is 0 Å². The molecule has 0 atom stereocenters.